The highest BCUT2D eigenvalue weighted by atomic mass is 32.2. The minimum Gasteiger partial charge on any atom is -0.351 e. The van der Waals surface area contributed by atoms with Crippen LogP contribution in [0.25, 0.3) is 10.4 Å². The van der Waals surface area contributed by atoms with Gasteiger partial charge in [0.1, 0.15) is 0 Å². The minimum absolute atomic E-state index is 0.188. The van der Waals surface area contributed by atoms with Crippen LogP contribution in [0.3, 0.4) is 0 Å². The van der Waals surface area contributed by atoms with Crippen LogP contribution in [0.4, 0.5) is 5.69 Å². The zero-order valence-corrected chi connectivity index (χ0v) is 12.2. The summed E-state index contributed by atoms with van der Waals surface area (Å²) in [5, 5.41) is 6.34. The molecule has 102 valence electrons. The van der Waals surface area contributed by atoms with Crippen molar-refractivity contribution in [3.8, 4) is 0 Å². The van der Waals surface area contributed by atoms with E-state index < -0.39 is 0 Å². The van der Waals surface area contributed by atoms with Crippen LogP contribution in [0.2, 0.25) is 0 Å². The van der Waals surface area contributed by atoms with Gasteiger partial charge in [0, 0.05) is 27.5 Å². The van der Waals surface area contributed by atoms with Crippen LogP contribution in [0.5, 0.6) is 0 Å². The van der Waals surface area contributed by atoms with Crippen molar-refractivity contribution in [2.75, 3.05) is 12.3 Å². The molecule has 5 nitrogen and oxygen atoms in total. The van der Waals surface area contributed by atoms with Gasteiger partial charge in [-0.15, -0.1) is 0 Å². The molecule has 1 aromatic rings. The summed E-state index contributed by atoms with van der Waals surface area (Å²) in [6, 6.07) is 6.75. The molecule has 0 heterocycles. The van der Waals surface area contributed by atoms with Gasteiger partial charge in [0.25, 0.3) is 5.91 Å². The molecule has 0 aliphatic rings. The van der Waals surface area contributed by atoms with Gasteiger partial charge in [-0.25, -0.2) is 0 Å². The van der Waals surface area contributed by atoms with E-state index in [4.69, 9.17) is 5.53 Å². The Hall–Kier alpha value is -1.65. The van der Waals surface area contributed by atoms with Gasteiger partial charge < -0.3 is 5.32 Å². The Morgan fingerprint density at radius 2 is 2.11 bits per heavy atom. The first-order valence-electron chi connectivity index (χ1n) is 6.00. The average Bonchev–Trinajstić information content (AvgIpc) is 2.34. The van der Waals surface area contributed by atoms with Gasteiger partial charge in [0.15, 0.2) is 0 Å². The third-order valence-electron chi connectivity index (χ3n) is 2.22. The highest BCUT2D eigenvalue weighted by Gasteiger charge is 2.12. The van der Waals surface area contributed by atoms with Crippen molar-refractivity contribution >= 4 is 23.4 Å². The fourth-order valence-electron chi connectivity index (χ4n) is 1.42. The van der Waals surface area contributed by atoms with Crippen molar-refractivity contribution in [1.29, 1.82) is 0 Å². The molecule has 1 aromatic carbocycles. The maximum absolute atomic E-state index is 12.0. The van der Waals surface area contributed by atoms with E-state index in [0.29, 0.717) is 17.8 Å². The Kier molecular flexibility index (Phi) is 5.73. The lowest BCUT2D eigenvalue weighted by Gasteiger charge is -2.17. The summed E-state index contributed by atoms with van der Waals surface area (Å²) in [6.45, 7) is 6.99. The summed E-state index contributed by atoms with van der Waals surface area (Å²) in [6.07, 6.45) is 0. The SMILES string of the molecule is CC(C)(C)SCCNC(=O)c1ccccc1N=[N+]=[N-]. The quantitative estimate of drug-likeness (QED) is 0.384. The third-order valence-corrected chi connectivity index (χ3v) is 3.50. The van der Waals surface area contributed by atoms with Crippen molar-refractivity contribution in [3.05, 3.63) is 40.3 Å². The summed E-state index contributed by atoms with van der Waals surface area (Å²) in [5.41, 5.74) is 9.21. The molecule has 19 heavy (non-hydrogen) atoms. The summed E-state index contributed by atoms with van der Waals surface area (Å²) in [5.74, 6) is 0.636. The number of benzene rings is 1. The molecule has 0 radical (unpaired) electrons. The van der Waals surface area contributed by atoms with E-state index in [0.717, 1.165) is 5.75 Å². The molecular weight excluding hydrogens is 260 g/mol. The number of carbonyl (C=O) groups excluding carboxylic acids is 1. The zero-order chi connectivity index (χ0) is 14.3. The Morgan fingerprint density at radius 3 is 2.74 bits per heavy atom. The number of amides is 1. The highest BCUT2D eigenvalue weighted by molar-refractivity contribution is 8.00. The van der Waals surface area contributed by atoms with E-state index in [9.17, 15) is 4.79 Å². The van der Waals surface area contributed by atoms with Gasteiger partial charge in [-0.05, 0) is 11.6 Å². The van der Waals surface area contributed by atoms with Crippen molar-refractivity contribution in [3.63, 3.8) is 0 Å². The first kappa shape index (κ1) is 15.4. The Balaban J connectivity index is 2.57. The number of thioether (sulfide) groups is 1. The number of nitrogens with one attached hydrogen (secondary N) is 1. The van der Waals surface area contributed by atoms with E-state index in [1.54, 1.807) is 36.0 Å². The first-order valence-corrected chi connectivity index (χ1v) is 6.99. The van der Waals surface area contributed by atoms with Gasteiger partial charge >= 0.3 is 0 Å². The largest absolute Gasteiger partial charge is 0.351 e. The normalized spacial score (nSPS) is 10.7. The highest BCUT2D eigenvalue weighted by Crippen LogP contribution is 2.22. The number of nitrogens with zero attached hydrogens (tertiary/aromatic N) is 3. The van der Waals surface area contributed by atoms with Crippen LogP contribution >= 0.6 is 11.8 Å². The molecule has 6 heteroatoms. The van der Waals surface area contributed by atoms with E-state index in [-0.39, 0.29) is 10.7 Å². The number of azide groups is 1. The van der Waals surface area contributed by atoms with Crippen molar-refractivity contribution in [2.24, 2.45) is 5.11 Å². The van der Waals surface area contributed by atoms with Gasteiger partial charge in [-0.3, -0.25) is 4.79 Å². The smallest absolute Gasteiger partial charge is 0.251 e. The van der Waals surface area contributed by atoms with Gasteiger partial charge in [0.05, 0.1) is 5.69 Å². The summed E-state index contributed by atoms with van der Waals surface area (Å²) < 4.78 is 0.188. The minimum atomic E-state index is -0.211. The van der Waals surface area contributed by atoms with Gasteiger partial charge in [0.2, 0.25) is 0 Å². The molecule has 0 aliphatic heterocycles. The van der Waals surface area contributed by atoms with E-state index in [1.165, 1.54) is 0 Å². The molecule has 0 fully saturated rings. The maximum atomic E-state index is 12.0. The van der Waals surface area contributed by atoms with E-state index in [1.807, 2.05) is 0 Å². The fraction of sp³-hybridized carbons (Fsp3) is 0.462. The standard InChI is InChI=1S/C13H18N4OS/c1-13(2,3)19-9-8-15-12(18)10-6-4-5-7-11(10)16-17-14/h4-7H,8-9H2,1-3H3,(H,15,18). The lowest BCUT2D eigenvalue weighted by atomic mass is 10.1. The van der Waals surface area contributed by atoms with E-state index in [2.05, 4.69) is 36.1 Å². The molecule has 0 spiro atoms. The molecule has 1 rings (SSSR count). The van der Waals surface area contributed by atoms with Crippen LogP contribution in [-0.4, -0.2) is 23.0 Å². The Morgan fingerprint density at radius 1 is 1.42 bits per heavy atom. The topological polar surface area (TPSA) is 77.9 Å². The Bertz CT molecular complexity index is 490. The average molecular weight is 278 g/mol. The molecule has 0 unspecified atom stereocenters. The predicted octanol–water partition coefficient (Wildman–Crippen LogP) is 3.89. The lowest BCUT2D eigenvalue weighted by Crippen LogP contribution is -2.26. The van der Waals surface area contributed by atoms with Crippen molar-refractivity contribution in [1.82, 2.24) is 5.32 Å². The molecule has 0 aliphatic carbocycles. The Labute approximate surface area is 117 Å². The van der Waals surface area contributed by atoms with Crippen LogP contribution in [0, 0.1) is 0 Å². The van der Waals surface area contributed by atoms with Crippen LogP contribution in [-0.2, 0) is 0 Å². The molecular formula is C13H18N4OS. The van der Waals surface area contributed by atoms with Crippen molar-refractivity contribution < 1.29 is 4.79 Å². The summed E-state index contributed by atoms with van der Waals surface area (Å²) in [4.78, 5) is 14.7. The molecule has 0 saturated heterocycles. The predicted molar refractivity (Wildman–Crippen MR) is 79.8 cm³/mol. The van der Waals surface area contributed by atoms with Crippen LogP contribution in [0.1, 0.15) is 31.1 Å². The second-order valence-corrected chi connectivity index (χ2v) is 6.84. The molecule has 0 bridgehead atoms. The molecule has 0 aromatic heterocycles. The third kappa shape index (κ3) is 5.68. The molecule has 1 N–H and O–H groups in total. The van der Waals surface area contributed by atoms with Crippen LogP contribution < -0.4 is 5.32 Å². The first-order chi connectivity index (χ1) is 8.94. The van der Waals surface area contributed by atoms with Gasteiger partial charge in [-0.1, -0.05) is 44.1 Å². The second-order valence-electron chi connectivity index (χ2n) is 4.92. The summed E-state index contributed by atoms with van der Waals surface area (Å²) in [7, 11) is 0. The number of carbonyl (C=O) groups is 1. The fourth-order valence-corrected chi connectivity index (χ4v) is 2.23. The summed E-state index contributed by atoms with van der Waals surface area (Å²) >= 11 is 1.79. The molecule has 0 saturated carbocycles. The maximum Gasteiger partial charge on any atom is 0.251 e. The number of hydrogen-bond donors (Lipinski definition) is 1. The molecule has 1 amide bonds. The monoisotopic (exact) mass is 278 g/mol. The van der Waals surface area contributed by atoms with Gasteiger partial charge in [-0.2, -0.15) is 11.8 Å². The van der Waals surface area contributed by atoms with E-state index >= 15 is 0 Å². The molecule has 0 atom stereocenters. The zero-order valence-electron chi connectivity index (χ0n) is 11.4. The number of rotatable bonds is 5. The van der Waals surface area contributed by atoms with Crippen molar-refractivity contribution in [2.45, 2.75) is 25.5 Å². The second kappa shape index (κ2) is 7.07. The number of hydrogen-bond acceptors (Lipinski definition) is 3. The lowest BCUT2D eigenvalue weighted by molar-refractivity contribution is 0.0957. The van der Waals surface area contributed by atoms with Crippen LogP contribution in [0.15, 0.2) is 29.4 Å².